The number of aliphatic carboxylic acids is 1. The standard InChI is InChI=1S/C14H17N3O3/c1-8-4-5-11-10(6-8)16-12(17(11)3)7-15-13(18)9(2)14(19)20/h4-6,9H,7H2,1-3H3,(H,15,18)(H,19,20). The maximum Gasteiger partial charge on any atom is 0.315 e. The van der Waals surface area contributed by atoms with Crippen LogP contribution < -0.4 is 5.32 Å². The normalized spacial score (nSPS) is 12.3. The summed E-state index contributed by atoms with van der Waals surface area (Å²) < 4.78 is 1.89. The number of fused-ring (bicyclic) bond motifs is 1. The molecule has 1 amide bonds. The zero-order chi connectivity index (χ0) is 14.9. The fourth-order valence-electron chi connectivity index (χ4n) is 1.95. The monoisotopic (exact) mass is 275 g/mol. The van der Waals surface area contributed by atoms with Crippen LogP contribution in [0.5, 0.6) is 0 Å². The second-order valence-corrected chi connectivity index (χ2v) is 4.86. The van der Waals surface area contributed by atoms with E-state index in [9.17, 15) is 9.59 Å². The van der Waals surface area contributed by atoms with E-state index in [1.54, 1.807) is 0 Å². The van der Waals surface area contributed by atoms with E-state index in [2.05, 4.69) is 10.3 Å². The van der Waals surface area contributed by atoms with Gasteiger partial charge in [0.25, 0.3) is 0 Å². The fraction of sp³-hybridized carbons (Fsp3) is 0.357. The van der Waals surface area contributed by atoms with Crippen LogP contribution in [-0.4, -0.2) is 26.5 Å². The van der Waals surface area contributed by atoms with E-state index in [0.717, 1.165) is 16.6 Å². The minimum Gasteiger partial charge on any atom is -0.481 e. The maximum atomic E-state index is 11.6. The van der Waals surface area contributed by atoms with Gasteiger partial charge in [-0.25, -0.2) is 4.98 Å². The van der Waals surface area contributed by atoms with Crippen LogP contribution in [0.25, 0.3) is 11.0 Å². The Balaban J connectivity index is 2.16. The molecule has 1 aromatic heterocycles. The molecule has 0 aliphatic carbocycles. The number of hydrogen-bond donors (Lipinski definition) is 2. The number of carbonyl (C=O) groups excluding carboxylic acids is 1. The van der Waals surface area contributed by atoms with Crippen molar-refractivity contribution in [2.24, 2.45) is 13.0 Å². The summed E-state index contributed by atoms with van der Waals surface area (Å²) in [5.41, 5.74) is 2.96. The Morgan fingerprint density at radius 1 is 1.45 bits per heavy atom. The number of carboxylic acids is 1. The van der Waals surface area contributed by atoms with Crippen LogP contribution in [0.4, 0.5) is 0 Å². The molecule has 0 radical (unpaired) electrons. The lowest BCUT2D eigenvalue weighted by Gasteiger charge is -2.08. The van der Waals surface area contributed by atoms with Gasteiger partial charge in [-0.15, -0.1) is 0 Å². The largest absolute Gasteiger partial charge is 0.481 e. The number of nitrogens with one attached hydrogen (secondary N) is 1. The van der Waals surface area contributed by atoms with Crippen molar-refractivity contribution in [2.75, 3.05) is 0 Å². The number of nitrogens with zero attached hydrogens (tertiary/aromatic N) is 2. The summed E-state index contributed by atoms with van der Waals surface area (Å²) >= 11 is 0. The third-order valence-electron chi connectivity index (χ3n) is 3.31. The van der Waals surface area contributed by atoms with Crippen LogP contribution in [0.15, 0.2) is 18.2 Å². The molecule has 0 spiro atoms. The molecule has 0 saturated carbocycles. The van der Waals surface area contributed by atoms with Crippen LogP contribution >= 0.6 is 0 Å². The van der Waals surface area contributed by atoms with Gasteiger partial charge in [0.1, 0.15) is 11.7 Å². The van der Waals surface area contributed by atoms with Crippen LogP contribution in [0.3, 0.4) is 0 Å². The molecular formula is C14H17N3O3. The maximum absolute atomic E-state index is 11.6. The van der Waals surface area contributed by atoms with Crippen molar-refractivity contribution < 1.29 is 14.7 Å². The highest BCUT2D eigenvalue weighted by atomic mass is 16.4. The predicted octanol–water partition coefficient (Wildman–Crippen LogP) is 1.22. The number of carbonyl (C=O) groups is 2. The lowest BCUT2D eigenvalue weighted by atomic mass is 10.2. The van der Waals surface area contributed by atoms with Gasteiger partial charge in [-0.1, -0.05) is 6.07 Å². The van der Waals surface area contributed by atoms with Gasteiger partial charge < -0.3 is 15.0 Å². The van der Waals surface area contributed by atoms with E-state index in [4.69, 9.17) is 5.11 Å². The average Bonchev–Trinajstić information content (AvgIpc) is 2.71. The first-order valence-corrected chi connectivity index (χ1v) is 6.32. The van der Waals surface area contributed by atoms with E-state index in [1.165, 1.54) is 6.92 Å². The summed E-state index contributed by atoms with van der Waals surface area (Å²) in [5.74, 6) is -2.02. The third-order valence-corrected chi connectivity index (χ3v) is 3.31. The van der Waals surface area contributed by atoms with Gasteiger partial charge in [0, 0.05) is 7.05 Å². The number of amides is 1. The van der Waals surface area contributed by atoms with Crippen LogP contribution in [0, 0.1) is 12.8 Å². The van der Waals surface area contributed by atoms with Gasteiger partial charge in [0.2, 0.25) is 5.91 Å². The number of benzene rings is 1. The Kier molecular flexibility index (Phi) is 3.74. The van der Waals surface area contributed by atoms with Crippen LogP contribution in [-0.2, 0) is 23.2 Å². The molecular weight excluding hydrogens is 258 g/mol. The predicted molar refractivity (Wildman–Crippen MR) is 74.1 cm³/mol. The first-order valence-electron chi connectivity index (χ1n) is 6.32. The molecule has 0 aliphatic heterocycles. The molecule has 2 aromatic rings. The number of hydrogen-bond acceptors (Lipinski definition) is 3. The second-order valence-electron chi connectivity index (χ2n) is 4.86. The molecule has 20 heavy (non-hydrogen) atoms. The SMILES string of the molecule is Cc1ccc2c(c1)nc(CNC(=O)C(C)C(=O)O)n2C. The highest BCUT2D eigenvalue weighted by molar-refractivity contribution is 5.96. The van der Waals surface area contributed by atoms with Gasteiger partial charge in [-0.2, -0.15) is 0 Å². The Bertz CT molecular complexity index is 676. The molecule has 0 bridgehead atoms. The quantitative estimate of drug-likeness (QED) is 0.822. The summed E-state index contributed by atoms with van der Waals surface area (Å²) in [6.07, 6.45) is 0. The molecule has 6 nitrogen and oxygen atoms in total. The zero-order valence-corrected chi connectivity index (χ0v) is 11.7. The Labute approximate surface area is 116 Å². The zero-order valence-electron chi connectivity index (χ0n) is 11.7. The molecule has 0 fully saturated rings. The molecule has 1 aromatic carbocycles. The number of carboxylic acid groups (broad SMARTS) is 1. The summed E-state index contributed by atoms with van der Waals surface area (Å²) in [6, 6.07) is 5.95. The first kappa shape index (κ1) is 14.0. The van der Waals surface area contributed by atoms with Crippen molar-refractivity contribution in [3.63, 3.8) is 0 Å². The summed E-state index contributed by atoms with van der Waals surface area (Å²) in [7, 11) is 1.87. The minimum absolute atomic E-state index is 0.209. The first-order chi connectivity index (χ1) is 9.40. The van der Waals surface area contributed by atoms with Gasteiger partial charge in [-0.3, -0.25) is 9.59 Å². The Morgan fingerprint density at radius 3 is 2.80 bits per heavy atom. The molecule has 0 aliphatic rings. The molecule has 6 heteroatoms. The molecule has 1 heterocycles. The molecule has 106 valence electrons. The van der Waals surface area contributed by atoms with Crippen LogP contribution in [0.2, 0.25) is 0 Å². The number of aromatic nitrogens is 2. The van der Waals surface area contributed by atoms with Gasteiger partial charge in [-0.05, 0) is 31.5 Å². The van der Waals surface area contributed by atoms with E-state index in [1.807, 2.05) is 36.7 Å². The highest BCUT2D eigenvalue weighted by Gasteiger charge is 2.20. The highest BCUT2D eigenvalue weighted by Crippen LogP contribution is 2.16. The summed E-state index contributed by atoms with van der Waals surface area (Å²) in [5, 5.41) is 11.4. The minimum atomic E-state index is -1.14. The van der Waals surface area contributed by atoms with Gasteiger partial charge in [0.05, 0.1) is 17.6 Å². The fourth-order valence-corrected chi connectivity index (χ4v) is 1.95. The lowest BCUT2D eigenvalue weighted by molar-refractivity contribution is -0.146. The Morgan fingerprint density at radius 2 is 2.15 bits per heavy atom. The van der Waals surface area contributed by atoms with Gasteiger partial charge in [0.15, 0.2) is 0 Å². The van der Waals surface area contributed by atoms with Crippen molar-refractivity contribution >= 4 is 22.9 Å². The summed E-state index contributed by atoms with van der Waals surface area (Å²) in [4.78, 5) is 26.8. The third kappa shape index (κ3) is 2.64. The van der Waals surface area contributed by atoms with Crippen molar-refractivity contribution in [1.29, 1.82) is 0 Å². The molecule has 1 atom stereocenters. The van der Waals surface area contributed by atoms with E-state index in [0.29, 0.717) is 5.82 Å². The molecule has 0 saturated heterocycles. The summed E-state index contributed by atoms with van der Waals surface area (Å²) in [6.45, 7) is 3.56. The second kappa shape index (κ2) is 5.32. The smallest absolute Gasteiger partial charge is 0.315 e. The average molecular weight is 275 g/mol. The number of rotatable bonds is 4. The van der Waals surface area contributed by atoms with E-state index in [-0.39, 0.29) is 6.54 Å². The van der Waals surface area contributed by atoms with Crippen molar-refractivity contribution in [1.82, 2.24) is 14.9 Å². The number of imidazole rings is 1. The lowest BCUT2D eigenvalue weighted by Crippen LogP contribution is -2.33. The number of aryl methyl sites for hydroxylation is 2. The Hall–Kier alpha value is -2.37. The van der Waals surface area contributed by atoms with Crippen molar-refractivity contribution in [2.45, 2.75) is 20.4 Å². The molecule has 1 unspecified atom stereocenters. The van der Waals surface area contributed by atoms with Crippen LogP contribution in [0.1, 0.15) is 18.3 Å². The van der Waals surface area contributed by atoms with E-state index < -0.39 is 17.8 Å². The molecule has 2 N–H and O–H groups in total. The van der Waals surface area contributed by atoms with Gasteiger partial charge >= 0.3 is 5.97 Å². The van der Waals surface area contributed by atoms with Crippen molar-refractivity contribution in [3.8, 4) is 0 Å². The van der Waals surface area contributed by atoms with E-state index >= 15 is 0 Å². The van der Waals surface area contributed by atoms with Crippen molar-refractivity contribution in [3.05, 3.63) is 29.6 Å². The topological polar surface area (TPSA) is 84.2 Å². The molecule has 2 rings (SSSR count).